The molecule has 2 rings (SSSR count). The first-order valence-electron chi connectivity index (χ1n) is 7.50. The number of rotatable bonds is 0. The molecule has 21 heavy (non-hydrogen) atoms. The second-order valence-electron chi connectivity index (χ2n) is 7.25. The van der Waals surface area contributed by atoms with Gasteiger partial charge < -0.3 is 0 Å². The van der Waals surface area contributed by atoms with Gasteiger partial charge in [0.1, 0.15) is 0 Å². The number of hydrogen-bond donors (Lipinski definition) is 0. The molecular formula is C20H32Zr. The van der Waals surface area contributed by atoms with Crippen LogP contribution in [0, 0.1) is 23.0 Å². The average Bonchev–Trinajstić information content (AvgIpc) is 2.60. The summed E-state index contributed by atoms with van der Waals surface area (Å²) in [5, 5.41) is 0. The molecule has 0 radical (unpaired) electrons. The molecule has 0 atom stereocenters. The van der Waals surface area contributed by atoms with Crippen molar-refractivity contribution in [2.75, 3.05) is 0 Å². The third-order valence-electron chi connectivity index (χ3n) is 5.12. The van der Waals surface area contributed by atoms with Gasteiger partial charge in [0.15, 0.2) is 0 Å². The summed E-state index contributed by atoms with van der Waals surface area (Å²) in [4.78, 5) is 0. The molecule has 1 heteroatoms. The van der Waals surface area contributed by atoms with Crippen LogP contribution in [0.1, 0.15) is 69.2 Å². The van der Waals surface area contributed by atoms with Crippen LogP contribution in [0.2, 0.25) is 0 Å². The zero-order valence-electron chi connectivity index (χ0n) is 15.7. The van der Waals surface area contributed by atoms with Crippen molar-refractivity contribution < 1.29 is 26.2 Å². The molecule has 0 aromatic rings. The van der Waals surface area contributed by atoms with Crippen molar-refractivity contribution in [3.05, 3.63) is 45.6 Å². The fourth-order valence-corrected chi connectivity index (χ4v) is 2.81. The molecule has 0 N–H and O–H groups in total. The van der Waals surface area contributed by atoms with Crippen LogP contribution in [-0.4, -0.2) is 0 Å². The van der Waals surface area contributed by atoms with Gasteiger partial charge in [0.05, 0.1) is 0 Å². The maximum absolute atomic E-state index is 3.44. The fraction of sp³-hybridized carbons (Fsp3) is 0.600. The van der Waals surface area contributed by atoms with Crippen LogP contribution in [0.15, 0.2) is 33.4 Å². The molecule has 0 aliphatic heterocycles. The molecule has 0 saturated heterocycles. The first kappa shape index (κ1) is 20.8. The third kappa shape index (κ3) is 4.41. The van der Waals surface area contributed by atoms with Crippen molar-refractivity contribution in [1.82, 2.24) is 0 Å². The van der Waals surface area contributed by atoms with Crippen LogP contribution < -0.4 is 0 Å². The first-order valence-corrected chi connectivity index (χ1v) is 7.50. The van der Waals surface area contributed by atoms with Gasteiger partial charge in [0.25, 0.3) is 0 Å². The van der Waals surface area contributed by atoms with Crippen molar-refractivity contribution >= 4 is 0 Å². The van der Waals surface area contributed by atoms with Gasteiger partial charge in [-0.15, -0.1) is 13.8 Å². The van der Waals surface area contributed by atoms with E-state index in [4.69, 9.17) is 0 Å². The molecule has 0 aromatic carbocycles. The van der Waals surface area contributed by atoms with Crippen LogP contribution in [-0.2, 0) is 26.2 Å². The summed E-state index contributed by atoms with van der Waals surface area (Å²) in [6, 6.07) is 0. The van der Waals surface area contributed by atoms with Crippen LogP contribution >= 0.6 is 0 Å². The second-order valence-corrected chi connectivity index (χ2v) is 7.25. The Labute approximate surface area is 151 Å². The Kier molecular flexibility index (Phi) is 6.90. The van der Waals surface area contributed by atoms with Crippen LogP contribution in [0.3, 0.4) is 0 Å². The molecule has 2 aliphatic carbocycles. The monoisotopic (exact) mass is 362 g/mol. The van der Waals surface area contributed by atoms with Crippen molar-refractivity contribution in [2.45, 2.75) is 69.2 Å². The third-order valence-corrected chi connectivity index (χ3v) is 5.12. The van der Waals surface area contributed by atoms with Crippen molar-refractivity contribution in [1.29, 1.82) is 0 Å². The van der Waals surface area contributed by atoms with Gasteiger partial charge in [-0.25, -0.2) is 11.1 Å². The Balaban J connectivity index is 0.000000364. The Morgan fingerprint density at radius 2 is 0.810 bits per heavy atom. The van der Waals surface area contributed by atoms with Gasteiger partial charge in [0, 0.05) is 0 Å². The molecule has 0 heterocycles. The topological polar surface area (TPSA) is 0 Å². The zero-order chi connectivity index (χ0) is 15.9. The van der Waals surface area contributed by atoms with E-state index in [0.717, 1.165) is 0 Å². The maximum atomic E-state index is 3.44. The Morgan fingerprint density at radius 1 is 0.571 bits per heavy atom. The van der Waals surface area contributed by atoms with E-state index in [1.165, 1.54) is 33.4 Å². The summed E-state index contributed by atoms with van der Waals surface area (Å²) in [5.41, 5.74) is 8.79. The standard InChI is InChI=1S/2C10H15.Zr.2H/c2*1-7-6-10(4,5)9(3)8(7)2;;;/h2*1-5H3;;;/q2*-1;+2;;. The Bertz CT molecular complexity index is 484. The van der Waals surface area contributed by atoms with Crippen LogP contribution in [0.4, 0.5) is 0 Å². The first-order chi connectivity index (χ1) is 8.90. The van der Waals surface area contributed by atoms with E-state index in [-0.39, 0.29) is 37.0 Å². The molecule has 0 nitrogen and oxygen atoms in total. The minimum absolute atomic E-state index is 0. The normalized spacial score (nSPS) is 22.4. The van der Waals surface area contributed by atoms with E-state index in [1.54, 1.807) is 0 Å². The predicted octanol–water partition coefficient (Wildman–Crippen LogP) is 5.69. The molecule has 116 valence electrons. The molecule has 0 bridgehead atoms. The van der Waals surface area contributed by atoms with E-state index in [9.17, 15) is 0 Å². The van der Waals surface area contributed by atoms with Crippen LogP contribution in [0.25, 0.3) is 0 Å². The van der Waals surface area contributed by atoms with Crippen molar-refractivity contribution in [3.63, 3.8) is 0 Å². The van der Waals surface area contributed by atoms with Gasteiger partial charge in [-0.2, -0.15) is 22.3 Å². The number of hydrogen-bond acceptors (Lipinski definition) is 0. The molecule has 0 fully saturated rings. The second kappa shape index (κ2) is 6.95. The molecule has 0 spiro atoms. The van der Waals surface area contributed by atoms with E-state index < -0.39 is 0 Å². The SMILES string of the molecule is CC1=[C-]C(C)(C)C(C)=C1C.CC1=[C-]C(C)(C)C(C)=C1C.[ZrH2+2]. The van der Waals surface area contributed by atoms with Gasteiger partial charge in [-0.05, 0) is 0 Å². The Hall–Kier alpha value is -0.157. The van der Waals surface area contributed by atoms with Crippen molar-refractivity contribution in [2.24, 2.45) is 10.8 Å². The molecule has 0 amide bonds. The summed E-state index contributed by atoms with van der Waals surface area (Å²) in [6.07, 6.45) is 6.87. The zero-order valence-corrected chi connectivity index (χ0v) is 19.2. The van der Waals surface area contributed by atoms with Gasteiger partial charge in [0.2, 0.25) is 0 Å². The molecule has 0 aromatic heterocycles. The van der Waals surface area contributed by atoms with Gasteiger partial charge >= 0.3 is 26.2 Å². The molecule has 2 aliphatic rings. The van der Waals surface area contributed by atoms with E-state index in [2.05, 4.69) is 81.4 Å². The summed E-state index contributed by atoms with van der Waals surface area (Å²) < 4.78 is 0. The molecule has 0 unspecified atom stereocenters. The summed E-state index contributed by atoms with van der Waals surface area (Å²) in [5.74, 6) is 0. The van der Waals surface area contributed by atoms with Crippen molar-refractivity contribution in [3.8, 4) is 0 Å². The average molecular weight is 364 g/mol. The quantitative estimate of drug-likeness (QED) is 0.485. The minimum atomic E-state index is 0. The Morgan fingerprint density at radius 3 is 0.857 bits per heavy atom. The summed E-state index contributed by atoms with van der Waals surface area (Å²) in [6.45, 7) is 21.8. The summed E-state index contributed by atoms with van der Waals surface area (Å²) >= 11 is 0. The molecule has 0 saturated carbocycles. The van der Waals surface area contributed by atoms with E-state index in [0.29, 0.717) is 0 Å². The fourth-order valence-electron chi connectivity index (χ4n) is 2.81. The predicted molar refractivity (Wildman–Crippen MR) is 92.0 cm³/mol. The number of allylic oxidation sites excluding steroid dienone is 8. The van der Waals surface area contributed by atoms with Gasteiger partial charge in [-0.1, -0.05) is 66.2 Å². The van der Waals surface area contributed by atoms with E-state index >= 15 is 0 Å². The van der Waals surface area contributed by atoms with Gasteiger partial charge in [-0.3, -0.25) is 12.2 Å². The molecular weight excluding hydrogens is 331 g/mol. The summed E-state index contributed by atoms with van der Waals surface area (Å²) in [7, 11) is 0. The van der Waals surface area contributed by atoms with E-state index in [1.807, 2.05) is 0 Å². The van der Waals surface area contributed by atoms with Crippen LogP contribution in [0.5, 0.6) is 0 Å².